The first-order chi connectivity index (χ1) is 11.1. The molecule has 0 bridgehead atoms. The van der Waals surface area contributed by atoms with Crippen LogP contribution in [0.5, 0.6) is 0 Å². The lowest BCUT2D eigenvalue weighted by Crippen LogP contribution is -2.70. The molecule has 2 amide bonds. The monoisotopic (exact) mass is 353 g/mol. The summed E-state index contributed by atoms with van der Waals surface area (Å²) in [5, 5.41) is 8.99. The second-order valence-electron chi connectivity index (χ2n) is 7.02. The van der Waals surface area contributed by atoms with Gasteiger partial charge in [0, 0.05) is 25.9 Å². The molecule has 6 nitrogen and oxygen atoms in total. The molecule has 0 aromatic heterocycles. The predicted molar refractivity (Wildman–Crippen MR) is 77.8 cm³/mol. The highest BCUT2D eigenvalue weighted by Gasteiger charge is 2.65. The topological polar surface area (TPSA) is 66.8 Å². The van der Waals surface area contributed by atoms with Crippen LogP contribution in [0.4, 0.5) is 22.8 Å². The fourth-order valence-electron chi connectivity index (χ4n) is 3.56. The van der Waals surface area contributed by atoms with Crippen LogP contribution in [0.2, 0.25) is 0 Å². The van der Waals surface area contributed by atoms with Gasteiger partial charge in [0.05, 0.1) is 0 Å². The van der Waals surface area contributed by atoms with Gasteiger partial charge in [-0.2, -0.15) is 18.0 Å². The molecule has 0 aromatic carbocycles. The largest absolute Gasteiger partial charge is 0.557 e. The van der Waals surface area contributed by atoms with E-state index in [9.17, 15) is 22.8 Å². The van der Waals surface area contributed by atoms with Crippen molar-refractivity contribution in [3.05, 3.63) is 0 Å². The van der Waals surface area contributed by atoms with E-state index >= 15 is 0 Å². The smallest absolute Gasteiger partial charge is 0.446 e. The Morgan fingerprint density at radius 3 is 2.21 bits per heavy atom. The Hall–Kier alpha value is -1.51. The van der Waals surface area contributed by atoms with Gasteiger partial charge in [-0.25, -0.2) is 9.63 Å². The van der Waals surface area contributed by atoms with Crippen molar-refractivity contribution in [1.29, 1.82) is 0 Å². The molecule has 9 heteroatoms. The van der Waals surface area contributed by atoms with E-state index in [-0.39, 0.29) is 18.9 Å². The van der Waals surface area contributed by atoms with Gasteiger partial charge in [0.15, 0.2) is 0 Å². The van der Waals surface area contributed by atoms with Crippen LogP contribution in [0.1, 0.15) is 39.5 Å². The second kappa shape index (κ2) is 6.78. The number of alkyl halides is 3. The number of nitrogens with zero attached hydrogens (tertiary/aromatic N) is 2. The summed E-state index contributed by atoms with van der Waals surface area (Å²) >= 11 is 0. The van der Waals surface area contributed by atoms with Crippen LogP contribution in [0.25, 0.3) is 0 Å². The highest BCUT2D eigenvalue weighted by molar-refractivity contribution is 5.68. The molecule has 2 rings (SSSR count). The Morgan fingerprint density at radius 2 is 1.71 bits per heavy atom. The number of halogens is 3. The molecule has 1 N–H and O–H groups in total. The third-order valence-corrected chi connectivity index (χ3v) is 5.08. The van der Waals surface area contributed by atoms with Crippen LogP contribution in [-0.4, -0.2) is 58.7 Å². The molecule has 3 unspecified atom stereocenters. The van der Waals surface area contributed by atoms with Crippen molar-refractivity contribution < 1.29 is 37.4 Å². The van der Waals surface area contributed by atoms with E-state index < -0.39 is 29.1 Å². The molecular weight excluding hydrogens is 329 g/mol. The van der Waals surface area contributed by atoms with Crippen LogP contribution < -0.4 is 0 Å². The van der Waals surface area contributed by atoms with Crippen LogP contribution in [0, 0.1) is 11.8 Å². The van der Waals surface area contributed by atoms with Crippen molar-refractivity contribution in [3.8, 4) is 0 Å². The Bertz CT molecular complexity index is 492. The fourth-order valence-corrected chi connectivity index (χ4v) is 3.56. The van der Waals surface area contributed by atoms with Gasteiger partial charge in [-0.15, -0.1) is 0 Å². The zero-order valence-electron chi connectivity index (χ0n) is 13.9. The second-order valence-corrected chi connectivity index (χ2v) is 7.02. The molecule has 0 aromatic rings. The number of carboxylic acid groups (broad SMARTS) is 1. The van der Waals surface area contributed by atoms with Crippen molar-refractivity contribution in [1.82, 2.24) is 4.90 Å². The molecule has 3 atom stereocenters. The predicted octanol–water partition coefficient (Wildman–Crippen LogP) is 3.63. The lowest BCUT2D eigenvalue weighted by molar-refractivity contribution is -1.06. The van der Waals surface area contributed by atoms with Crippen LogP contribution >= 0.6 is 0 Å². The van der Waals surface area contributed by atoms with Crippen molar-refractivity contribution in [2.75, 3.05) is 19.6 Å². The molecule has 138 valence electrons. The van der Waals surface area contributed by atoms with Gasteiger partial charge >= 0.3 is 18.4 Å². The molecule has 0 spiro atoms. The Labute approximate surface area is 138 Å². The number of carbonyl (C=O) groups is 2. The van der Waals surface area contributed by atoms with Crippen LogP contribution in [-0.2, 0) is 4.84 Å². The highest BCUT2D eigenvalue weighted by atomic mass is 19.4. The summed E-state index contributed by atoms with van der Waals surface area (Å²) < 4.78 is 39.3. The first-order valence-electron chi connectivity index (χ1n) is 8.22. The summed E-state index contributed by atoms with van der Waals surface area (Å²) in [5.41, 5.74) is 0. The number of hydroxylamine groups is 3. The number of hydrogen-bond acceptors (Lipinski definition) is 3. The first kappa shape index (κ1) is 18.8. The Morgan fingerprint density at radius 1 is 1.12 bits per heavy atom. The van der Waals surface area contributed by atoms with Gasteiger partial charge in [-0.1, -0.05) is 13.8 Å². The maximum atomic E-state index is 13.6. The molecule has 24 heavy (non-hydrogen) atoms. The molecule has 0 saturated carbocycles. The van der Waals surface area contributed by atoms with E-state index in [0.29, 0.717) is 38.3 Å². The molecule has 0 aliphatic carbocycles. The minimum atomic E-state index is -4.72. The molecular formula is C15H24F3N2O4+. The molecule has 0 radical (unpaired) electrons. The van der Waals surface area contributed by atoms with Crippen molar-refractivity contribution in [3.63, 3.8) is 0 Å². The molecule has 2 heterocycles. The third kappa shape index (κ3) is 3.76. The molecule has 2 saturated heterocycles. The maximum absolute atomic E-state index is 13.6. The van der Waals surface area contributed by atoms with E-state index in [0.717, 1.165) is 0 Å². The number of urea groups is 1. The number of hydrogen-bond donors (Lipinski definition) is 1. The summed E-state index contributed by atoms with van der Waals surface area (Å²) in [6, 6.07) is -3.05. The van der Waals surface area contributed by atoms with Gasteiger partial charge in [-0.3, -0.25) is 4.90 Å². The van der Waals surface area contributed by atoms with E-state index in [1.165, 1.54) is 4.90 Å². The first-order valence-corrected chi connectivity index (χ1v) is 8.22. The van der Waals surface area contributed by atoms with Crippen molar-refractivity contribution >= 4 is 12.2 Å². The van der Waals surface area contributed by atoms with E-state index in [4.69, 9.17) is 5.11 Å². The van der Waals surface area contributed by atoms with Gasteiger partial charge in [-0.05, 0) is 29.3 Å². The quantitative estimate of drug-likeness (QED) is 0.676. The zero-order valence-corrected chi connectivity index (χ0v) is 13.9. The average molecular weight is 353 g/mol. The van der Waals surface area contributed by atoms with Crippen LogP contribution in [0.3, 0.4) is 0 Å². The molecule has 2 aliphatic heterocycles. The SMILES string of the molecule is CC1CCN(C(=O)[N+]2(OC(=O)O)CCC(C)CC2C(F)(F)F)CC1. The van der Waals surface area contributed by atoms with E-state index in [1.807, 2.05) is 6.92 Å². The average Bonchev–Trinajstić information content (AvgIpc) is 2.48. The number of rotatable bonds is 0. The van der Waals surface area contributed by atoms with Gasteiger partial charge in [0.2, 0.25) is 6.04 Å². The fraction of sp³-hybridized carbons (Fsp3) is 0.867. The number of carbonyl (C=O) groups excluding carboxylic acids is 1. The number of likely N-dealkylation sites (tertiary alicyclic amines) is 2. The minimum Gasteiger partial charge on any atom is -0.446 e. The van der Waals surface area contributed by atoms with Gasteiger partial charge in [0.25, 0.3) is 0 Å². The van der Waals surface area contributed by atoms with Crippen molar-refractivity contribution in [2.45, 2.75) is 51.7 Å². The molecule has 2 aliphatic rings. The maximum Gasteiger partial charge on any atom is 0.557 e. The zero-order chi connectivity index (χ0) is 18.1. The number of amides is 2. The Kier molecular flexibility index (Phi) is 5.31. The summed E-state index contributed by atoms with van der Waals surface area (Å²) in [7, 11) is 0. The normalized spacial score (nSPS) is 32.5. The minimum absolute atomic E-state index is 0.255. The summed E-state index contributed by atoms with van der Waals surface area (Å²) in [6.45, 7) is 4.04. The third-order valence-electron chi connectivity index (χ3n) is 5.08. The summed E-state index contributed by atoms with van der Waals surface area (Å²) in [5.74, 6) is 0.136. The standard InChI is InChI=1S/C15H23F3N2O4/c1-10-3-6-19(7-4-10)13(21)20(24-14(22)23)8-5-11(2)9-12(20)15(16,17)18/h10-12H,3-9H2,1-2H3/p+1. The van der Waals surface area contributed by atoms with E-state index in [2.05, 4.69) is 4.84 Å². The van der Waals surface area contributed by atoms with Gasteiger partial charge < -0.3 is 5.11 Å². The van der Waals surface area contributed by atoms with Gasteiger partial charge in [0.1, 0.15) is 6.54 Å². The Balaban J connectivity index is 2.36. The number of quaternary nitrogens is 1. The van der Waals surface area contributed by atoms with Crippen molar-refractivity contribution in [2.24, 2.45) is 11.8 Å². The number of piperidine rings is 2. The van der Waals surface area contributed by atoms with E-state index in [1.54, 1.807) is 6.92 Å². The lowest BCUT2D eigenvalue weighted by atomic mass is 9.91. The van der Waals surface area contributed by atoms with Crippen LogP contribution in [0.15, 0.2) is 0 Å². The summed E-state index contributed by atoms with van der Waals surface area (Å²) in [6.07, 6.45) is -5.24. The lowest BCUT2D eigenvalue weighted by Gasteiger charge is -2.44. The highest BCUT2D eigenvalue weighted by Crippen LogP contribution is 2.41. The molecule has 2 fully saturated rings. The summed E-state index contributed by atoms with van der Waals surface area (Å²) in [4.78, 5) is 29.9.